The number of hydrogen-bond donors (Lipinski definition) is 7. The van der Waals surface area contributed by atoms with E-state index in [0.29, 0.717) is 11.3 Å². The summed E-state index contributed by atoms with van der Waals surface area (Å²) in [6.45, 7) is -1.91. The number of phenolic OH excluding ortho intramolecular Hbond substituents is 1. The molecule has 8 atom stereocenters. The third-order valence-corrected chi connectivity index (χ3v) is 7.01. The SMILES string of the molecule is COc1cc(O)c(C(=O)C=Cc2ccc(OC3OC(CO)C(O)C(O)C3OC3OCC(O)(CO)C3O)cc2)c(OC)c1. The van der Waals surface area contributed by atoms with Gasteiger partial charge in [-0.25, -0.2) is 0 Å². The molecule has 0 aromatic heterocycles. The van der Waals surface area contributed by atoms with Crippen molar-refractivity contribution >= 4 is 11.9 Å². The molecule has 2 fully saturated rings. The van der Waals surface area contributed by atoms with Crippen LogP contribution in [0.1, 0.15) is 15.9 Å². The molecule has 2 saturated heterocycles. The lowest BCUT2D eigenvalue weighted by Gasteiger charge is -2.42. The first-order valence-electron chi connectivity index (χ1n) is 12.9. The summed E-state index contributed by atoms with van der Waals surface area (Å²) in [5.74, 6) is -0.152. The number of aliphatic hydroxyl groups is 6. The second-order valence-electron chi connectivity index (χ2n) is 9.80. The molecule has 14 nitrogen and oxygen atoms in total. The number of carbonyl (C=O) groups is 1. The average Bonchev–Trinajstić information content (AvgIpc) is 3.28. The highest BCUT2D eigenvalue weighted by Crippen LogP contribution is 2.34. The Morgan fingerprint density at radius 3 is 2.33 bits per heavy atom. The van der Waals surface area contributed by atoms with Gasteiger partial charge in [-0.05, 0) is 23.8 Å². The van der Waals surface area contributed by atoms with Gasteiger partial charge in [-0.15, -0.1) is 0 Å². The standard InChI is InChI=1S/C28H34O14/c1-37-16-9-18(32)21(19(10-16)38-2)17(31)8-5-14-3-6-15(7-4-14)40-26-24(23(34)22(33)20(11-29)41-26)42-27-25(35)28(36,12-30)13-39-27/h3-10,20,22-27,29-30,32-36H,11-13H2,1-2H3. The zero-order valence-corrected chi connectivity index (χ0v) is 22.8. The molecule has 2 aromatic carbocycles. The fraction of sp³-hybridized carbons (Fsp3) is 0.464. The van der Waals surface area contributed by atoms with Crippen LogP contribution in [0.4, 0.5) is 0 Å². The monoisotopic (exact) mass is 594 g/mol. The van der Waals surface area contributed by atoms with Crippen molar-refractivity contribution in [2.75, 3.05) is 34.0 Å². The molecule has 0 radical (unpaired) electrons. The molecular weight excluding hydrogens is 560 g/mol. The van der Waals surface area contributed by atoms with Crippen molar-refractivity contribution in [2.45, 2.75) is 48.7 Å². The Kier molecular flexibility index (Phi) is 10.0. The molecule has 2 heterocycles. The van der Waals surface area contributed by atoms with Crippen molar-refractivity contribution < 1.29 is 69.0 Å². The van der Waals surface area contributed by atoms with Gasteiger partial charge in [0.25, 0.3) is 0 Å². The third kappa shape index (κ3) is 6.52. The lowest BCUT2D eigenvalue weighted by atomic mass is 9.98. The van der Waals surface area contributed by atoms with Gasteiger partial charge in [0.15, 0.2) is 18.2 Å². The van der Waals surface area contributed by atoms with Crippen molar-refractivity contribution in [3.05, 3.63) is 53.6 Å². The van der Waals surface area contributed by atoms with Gasteiger partial charge in [-0.1, -0.05) is 18.2 Å². The van der Waals surface area contributed by atoms with E-state index in [-0.39, 0.29) is 22.8 Å². The van der Waals surface area contributed by atoms with Crippen molar-refractivity contribution in [2.24, 2.45) is 0 Å². The number of phenols is 1. The molecule has 0 aliphatic carbocycles. The zero-order valence-electron chi connectivity index (χ0n) is 22.8. The molecule has 4 rings (SSSR count). The Hall–Kier alpha value is -3.31. The minimum absolute atomic E-state index is 0.0389. The van der Waals surface area contributed by atoms with E-state index in [4.69, 9.17) is 28.4 Å². The summed E-state index contributed by atoms with van der Waals surface area (Å²) in [6.07, 6.45) is -7.75. The molecule has 42 heavy (non-hydrogen) atoms. The zero-order chi connectivity index (χ0) is 30.6. The highest BCUT2D eigenvalue weighted by molar-refractivity contribution is 6.10. The first-order valence-corrected chi connectivity index (χ1v) is 12.9. The van der Waals surface area contributed by atoms with Gasteiger partial charge in [0, 0.05) is 12.1 Å². The molecule has 7 N–H and O–H groups in total. The first kappa shape index (κ1) is 31.6. The van der Waals surface area contributed by atoms with Gasteiger partial charge in [0.05, 0.1) is 34.0 Å². The molecule has 0 amide bonds. The molecule has 230 valence electrons. The minimum atomic E-state index is -1.99. The summed E-state index contributed by atoms with van der Waals surface area (Å²) in [7, 11) is 2.78. The number of aliphatic hydroxyl groups excluding tert-OH is 5. The van der Waals surface area contributed by atoms with E-state index in [1.807, 2.05) is 0 Å². The van der Waals surface area contributed by atoms with Gasteiger partial charge >= 0.3 is 0 Å². The van der Waals surface area contributed by atoms with Crippen molar-refractivity contribution in [1.29, 1.82) is 0 Å². The van der Waals surface area contributed by atoms with Crippen molar-refractivity contribution in [1.82, 2.24) is 0 Å². The molecule has 2 aromatic rings. The van der Waals surface area contributed by atoms with Crippen LogP contribution < -0.4 is 14.2 Å². The number of allylic oxidation sites excluding steroid dienone is 1. The van der Waals surface area contributed by atoms with E-state index in [9.17, 15) is 40.5 Å². The van der Waals surface area contributed by atoms with E-state index in [2.05, 4.69) is 0 Å². The van der Waals surface area contributed by atoms with E-state index < -0.39 is 74.3 Å². The van der Waals surface area contributed by atoms with Gasteiger partial charge in [0.1, 0.15) is 58.6 Å². The molecule has 2 aliphatic heterocycles. The molecular formula is C28H34O14. The van der Waals surface area contributed by atoms with Gasteiger partial charge in [-0.3, -0.25) is 4.79 Å². The van der Waals surface area contributed by atoms with Gasteiger partial charge in [-0.2, -0.15) is 0 Å². The van der Waals surface area contributed by atoms with Crippen LogP contribution in [0.25, 0.3) is 6.08 Å². The summed E-state index contributed by atoms with van der Waals surface area (Å²) < 4.78 is 32.6. The number of methoxy groups -OCH3 is 2. The van der Waals surface area contributed by atoms with Crippen LogP contribution in [-0.2, 0) is 14.2 Å². The lowest BCUT2D eigenvalue weighted by Crippen LogP contribution is -2.62. The summed E-state index contributed by atoms with van der Waals surface area (Å²) in [4.78, 5) is 12.8. The second kappa shape index (κ2) is 13.3. The second-order valence-corrected chi connectivity index (χ2v) is 9.80. The van der Waals surface area contributed by atoms with Crippen LogP contribution in [0.5, 0.6) is 23.0 Å². The predicted octanol–water partition coefficient (Wildman–Crippen LogP) is -1.05. The number of aromatic hydroxyl groups is 1. The Bertz CT molecular complexity index is 1250. The Morgan fingerprint density at radius 2 is 1.74 bits per heavy atom. The Morgan fingerprint density at radius 1 is 1.02 bits per heavy atom. The van der Waals surface area contributed by atoms with Gasteiger partial charge in [0.2, 0.25) is 6.29 Å². The normalized spacial score (nSPS) is 31.3. The molecule has 8 unspecified atom stereocenters. The number of hydrogen-bond acceptors (Lipinski definition) is 14. The topological polar surface area (TPSA) is 214 Å². The van der Waals surface area contributed by atoms with Crippen molar-refractivity contribution in [3.8, 4) is 23.0 Å². The van der Waals surface area contributed by atoms with Crippen LogP contribution in [0.2, 0.25) is 0 Å². The van der Waals surface area contributed by atoms with Crippen LogP contribution in [-0.4, -0.2) is 124 Å². The number of ketones is 1. The van der Waals surface area contributed by atoms with E-state index in [1.54, 1.807) is 12.1 Å². The number of rotatable bonds is 11. The Labute approximate surface area is 240 Å². The number of benzene rings is 2. The van der Waals surface area contributed by atoms with Crippen LogP contribution in [0.3, 0.4) is 0 Å². The van der Waals surface area contributed by atoms with E-state index in [0.717, 1.165) is 0 Å². The van der Waals surface area contributed by atoms with Gasteiger partial charge < -0.3 is 64.2 Å². The maximum absolute atomic E-state index is 12.8. The smallest absolute Gasteiger partial charge is 0.229 e. The molecule has 0 bridgehead atoms. The highest BCUT2D eigenvalue weighted by Gasteiger charge is 2.53. The molecule has 14 heteroatoms. The lowest BCUT2D eigenvalue weighted by molar-refractivity contribution is -0.318. The molecule has 0 saturated carbocycles. The number of ether oxygens (including phenoxy) is 6. The van der Waals surface area contributed by atoms with E-state index >= 15 is 0 Å². The fourth-order valence-corrected chi connectivity index (χ4v) is 4.51. The fourth-order valence-electron chi connectivity index (χ4n) is 4.51. The molecule has 2 aliphatic rings. The molecule has 0 spiro atoms. The van der Waals surface area contributed by atoms with Crippen LogP contribution in [0.15, 0.2) is 42.5 Å². The largest absolute Gasteiger partial charge is 0.507 e. The third-order valence-electron chi connectivity index (χ3n) is 7.01. The van der Waals surface area contributed by atoms with Crippen LogP contribution >= 0.6 is 0 Å². The summed E-state index contributed by atoms with van der Waals surface area (Å²) in [5.41, 5.74) is -1.45. The summed E-state index contributed by atoms with van der Waals surface area (Å²) in [5, 5.41) is 70.9. The van der Waals surface area contributed by atoms with E-state index in [1.165, 1.54) is 50.6 Å². The first-order chi connectivity index (χ1) is 20.0. The number of carbonyl (C=O) groups excluding carboxylic acids is 1. The quantitative estimate of drug-likeness (QED) is 0.122. The summed E-state index contributed by atoms with van der Waals surface area (Å²) >= 11 is 0. The predicted molar refractivity (Wildman–Crippen MR) is 142 cm³/mol. The average molecular weight is 595 g/mol. The minimum Gasteiger partial charge on any atom is -0.507 e. The highest BCUT2D eigenvalue weighted by atomic mass is 16.8. The van der Waals surface area contributed by atoms with Crippen molar-refractivity contribution in [3.63, 3.8) is 0 Å². The van der Waals surface area contributed by atoms with Crippen LogP contribution in [0, 0.1) is 0 Å². The maximum atomic E-state index is 12.8. The maximum Gasteiger partial charge on any atom is 0.229 e. The summed E-state index contributed by atoms with van der Waals surface area (Å²) in [6, 6.07) is 9.01. The Balaban J connectivity index is 1.48.